The zero-order chi connectivity index (χ0) is 11.7. The van der Waals surface area contributed by atoms with E-state index in [4.69, 9.17) is 10.8 Å². The van der Waals surface area contributed by atoms with E-state index >= 15 is 0 Å². The molecule has 2 rings (SSSR count). The third-order valence-corrected chi connectivity index (χ3v) is 2.03. The van der Waals surface area contributed by atoms with E-state index in [1.807, 2.05) is 0 Å². The maximum atomic E-state index is 12.8. The largest absolute Gasteiger partial charge is 0.491 e. The summed E-state index contributed by atoms with van der Waals surface area (Å²) in [6.07, 6.45) is 0. The van der Waals surface area contributed by atoms with E-state index < -0.39 is 17.3 Å². The number of hydrogen-bond acceptors (Lipinski definition) is 4. The summed E-state index contributed by atoms with van der Waals surface area (Å²) < 4.78 is 12.8. The third kappa shape index (κ3) is 1.72. The van der Waals surface area contributed by atoms with Crippen LogP contribution in [0.3, 0.4) is 0 Å². The van der Waals surface area contributed by atoms with Gasteiger partial charge in [-0.3, -0.25) is 4.79 Å². The van der Waals surface area contributed by atoms with Gasteiger partial charge in [-0.25, -0.2) is 0 Å². The molecule has 0 saturated heterocycles. The second-order valence-corrected chi connectivity index (χ2v) is 3.17. The number of H-pyrrole nitrogens is 1. The Morgan fingerprint density at radius 1 is 1.31 bits per heavy atom. The van der Waals surface area contributed by atoms with Gasteiger partial charge in [-0.1, -0.05) is 0 Å². The van der Waals surface area contributed by atoms with Crippen LogP contribution in [0.2, 0.25) is 0 Å². The number of halogens is 1. The third-order valence-electron chi connectivity index (χ3n) is 2.03. The van der Waals surface area contributed by atoms with Crippen LogP contribution in [0.15, 0.2) is 29.1 Å². The summed E-state index contributed by atoms with van der Waals surface area (Å²) in [7, 11) is 0. The second kappa shape index (κ2) is 3.65. The quantitative estimate of drug-likeness (QED) is 0.623. The van der Waals surface area contributed by atoms with Crippen molar-refractivity contribution < 1.29 is 9.50 Å². The van der Waals surface area contributed by atoms with Crippen LogP contribution in [-0.2, 0) is 0 Å². The zero-order valence-corrected chi connectivity index (χ0v) is 8.07. The molecule has 0 unspecified atom stereocenters. The van der Waals surface area contributed by atoms with E-state index in [0.29, 0.717) is 11.3 Å². The smallest absolute Gasteiger partial charge is 0.291 e. The highest BCUT2D eigenvalue weighted by Gasteiger charge is 2.10. The molecule has 1 aromatic heterocycles. The first-order valence-corrected chi connectivity index (χ1v) is 4.42. The number of benzene rings is 1. The maximum absolute atomic E-state index is 12.8. The first-order chi connectivity index (χ1) is 7.58. The van der Waals surface area contributed by atoms with Crippen molar-refractivity contribution >= 4 is 5.69 Å². The zero-order valence-electron chi connectivity index (χ0n) is 8.07. The average Bonchev–Trinajstić information content (AvgIpc) is 2.26. The Morgan fingerprint density at radius 3 is 2.50 bits per heavy atom. The Hall–Kier alpha value is -2.37. The van der Waals surface area contributed by atoms with Gasteiger partial charge in [0.25, 0.3) is 11.4 Å². The van der Waals surface area contributed by atoms with Crippen molar-refractivity contribution in [2.24, 2.45) is 0 Å². The number of rotatable bonds is 1. The van der Waals surface area contributed by atoms with Gasteiger partial charge in [0.15, 0.2) is 0 Å². The summed E-state index contributed by atoms with van der Waals surface area (Å²) in [6, 6.07) is 6.42. The SMILES string of the molecule is Nc1ccc(-c2nc(O)c(F)c(=O)[nH]2)cc1. The van der Waals surface area contributed by atoms with Gasteiger partial charge in [0.2, 0.25) is 5.82 Å². The monoisotopic (exact) mass is 221 g/mol. The Morgan fingerprint density at radius 2 is 1.94 bits per heavy atom. The lowest BCUT2D eigenvalue weighted by Crippen LogP contribution is -2.13. The van der Waals surface area contributed by atoms with Crippen molar-refractivity contribution in [2.45, 2.75) is 0 Å². The van der Waals surface area contributed by atoms with Crippen LogP contribution in [-0.4, -0.2) is 15.1 Å². The minimum atomic E-state index is -1.29. The van der Waals surface area contributed by atoms with Crippen molar-refractivity contribution in [3.05, 3.63) is 40.4 Å². The van der Waals surface area contributed by atoms with Crippen molar-refractivity contribution in [1.29, 1.82) is 0 Å². The fourth-order valence-corrected chi connectivity index (χ4v) is 1.22. The molecule has 82 valence electrons. The van der Waals surface area contributed by atoms with E-state index in [2.05, 4.69) is 9.97 Å². The summed E-state index contributed by atoms with van der Waals surface area (Å²) >= 11 is 0. The van der Waals surface area contributed by atoms with E-state index in [9.17, 15) is 9.18 Å². The average molecular weight is 221 g/mol. The van der Waals surface area contributed by atoms with Crippen molar-refractivity contribution in [2.75, 3.05) is 5.73 Å². The molecule has 0 amide bonds. The van der Waals surface area contributed by atoms with Crippen molar-refractivity contribution in [1.82, 2.24) is 9.97 Å². The number of aromatic amines is 1. The molecule has 0 aliphatic carbocycles. The molecular formula is C10H8FN3O2. The van der Waals surface area contributed by atoms with Gasteiger partial charge in [-0.2, -0.15) is 9.37 Å². The fraction of sp³-hybridized carbons (Fsp3) is 0. The molecule has 0 aliphatic rings. The first-order valence-electron chi connectivity index (χ1n) is 4.42. The number of aromatic nitrogens is 2. The van der Waals surface area contributed by atoms with Crippen molar-refractivity contribution in [3.63, 3.8) is 0 Å². The fourth-order valence-electron chi connectivity index (χ4n) is 1.22. The van der Waals surface area contributed by atoms with Crippen LogP contribution in [0.1, 0.15) is 0 Å². The maximum Gasteiger partial charge on any atom is 0.291 e. The minimum absolute atomic E-state index is 0.0869. The Bertz CT molecular complexity index is 578. The Kier molecular flexibility index (Phi) is 2.32. The minimum Gasteiger partial charge on any atom is -0.491 e. The molecule has 0 atom stereocenters. The predicted molar refractivity (Wildman–Crippen MR) is 56.3 cm³/mol. The van der Waals surface area contributed by atoms with Crippen LogP contribution in [0, 0.1) is 5.82 Å². The van der Waals surface area contributed by atoms with Crippen LogP contribution in [0.4, 0.5) is 10.1 Å². The Balaban J connectivity index is 2.57. The normalized spacial score (nSPS) is 10.3. The van der Waals surface area contributed by atoms with Crippen LogP contribution in [0.5, 0.6) is 5.88 Å². The molecule has 2 aromatic rings. The van der Waals surface area contributed by atoms with E-state index in [-0.39, 0.29) is 5.82 Å². The molecule has 0 fully saturated rings. The second-order valence-electron chi connectivity index (χ2n) is 3.17. The summed E-state index contributed by atoms with van der Waals surface area (Å²) in [5.41, 5.74) is 5.55. The van der Waals surface area contributed by atoms with Gasteiger partial charge >= 0.3 is 0 Å². The van der Waals surface area contributed by atoms with E-state index in [0.717, 1.165) is 0 Å². The number of nitrogens with one attached hydrogen (secondary N) is 1. The summed E-state index contributed by atoms with van der Waals surface area (Å²) in [5.74, 6) is -2.13. The molecule has 1 heterocycles. The predicted octanol–water partition coefficient (Wildman–Crippen LogP) is 0.864. The highest BCUT2D eigenvalue weighted by atomic mass is 19.1. The molecule has 0 bridgehead atoms. The standard InChI is InChI=1S/C10H8FN3O2/c11-7-9(15)13-8(14-10(7)16)5-1-3-6(12)4-2-5/h1-4H,12H2,(H2,13,14,15,16). The molecule has 6 heteroatoms. The highest BCUT2D eigenvalue weighted by molar-refractivity contribution is 5.58. The van der Waals surface area contributed by atoms with E-state index in [1.54, 1.807) is 24.3 Å². The highest BCUT2D eigenvalue weighted by Crippen LogP contribution is 2.17. The van der Waals surface area contributed by atoms with Crippen LogP contribution < -0.4 is 11.3 Å². The van der Waals surface area contributed by atoms with Gasteiger partial charge in [0.05, 0.1) is 0 Å². The summed E-state index contributed by atoms with van der Waals surface area (Å²) in [5, 5.41) is 9.07. The van der Waals surface area contributed by atoms with Gasteiger partial charge in [0, 0.05) is 11.3 Å². The molecule has 16 heavy (non-hydrogen) atoms. The van der Waals surface area contributed by atoms with Gasteiger partial charge in [-0.05, 0) is 24.3 Å². The summed E-state index contributed by atoms with van der Waals surface area (Å²) in [4.78, 5) is 16.8. The molecular weight excluding hydrogens is 213 g/mol. The molecule has 1 aromatic carbocycles. The van der Waals surface area contributed by atoms with E-state index in [1.165, 1.54) is 0 Å². The first kappa shape index (κ1) is 10.2. The lowest BCUT2D eigenvalue weighted by atomic mass is 10.2. The molecule has 5 nitrogen and oxygen atoms in total. The lowest BCUT2D eigenvalue weighted by molar-refractivity contribution is 0.405. The number of nitrogens with zero attached hydrogens (tertiary/aromatic N) is 1. The van der Waals surface area contributed by atoms with Gasteiger partial charge < -0.3 is 15.8 Å². The van der Waals surface area contributed by atoms with Crippen LogP contribution in [0.25, 0.3) is 11.4 Å². The number of aromatic hydroxyl groups is 1. The topological polar surface area (TPSA) is 92.0 Å². The number of nitrogen functional groups attached to an aromatic ring is 1. The molecule has 0 aliphatic heterocycles. The number of nitrogens with two attached hydrogens (primary N) is 1. The van der Waals surface area contributed by atoms with Gasteiger partial charge in [0.1, 0.15) is 5.82 Å². The molecule has 0 radical (unpaired) electrons. The number of hydrogen-bond donors (Lipinski definition) is 3. The van der Waals surface area contributed by atoms with Crippen LogP contribution >= 0.6 is 0 Å². The molecule has 4 N–H and O–H groups in total. The molecule has 0 saturated carbocycles. The van der Waals surface area contributed by atoms with Crippen molar-refractivity contribution in [3.8, 4) is 17.3 Å². The Labute approximate surface area is 89.4 Å². The number of anilines is 1. The lowest BCUT2D eigenvalue weighted by Gasteiger charge is -2.02. The van der Waals surface area contributed by atoms with Gasteiger partial charge in [-0.15, -0.1) is 0 Å². The summed E-state index contributed by atoms with van der Waals surface area (Å²) in [6.45, 7) is 0. The molecule has 0 spiro atoms.